The van der Waals surface area contributed by atoms with Gasteiger partial charge >= 0.3 is 0 Å². The highest BCUT2D eigenvalue weighted by molar-refractivity contribution is 7.99. The highest BCUT2D eigenvalue weighted by atomic mass is 35.5. The zero-order valence-electron chi connectivity index (χ0n) is 18.6. The number of nitrogens with one attached hydrogen (secondary N) is 1. The molecule has 2 aromatic heterocycles. The Morgan fingerprint density at radius 2 is 2.06 bits per heavy atom. The fourth-order valence-corrected chi connectivity index (χ4v) is 5.19. The van der Waals surface area contributed by atoms with Crippen molar-refractivity contribution in [2.24, 2.45) is 0 Å². The van der Waals surface area contributed by atoms with E-state index in [1.165, 1.54) is 23.1 Å². The van der Waals surface area contributed by atoms with Crippen molar-refractivity contribution < 1.29 is 9.53 Å². The molecule has 4 aromatic rings. The molecule has 180 valence electrons. The van der Waals surface area contributed by atoms with Crippen molar-refractivity contribution in [1.29, 1.82) is 0 Å². The van der Waals surface area contributed by atoms with Crippen LogP contribution >= 0.6 is 46.3 Å². The van der Waals surface area contributed by atoms with Gasteiger partial charge in [-0.05, 0) is 37.3 Å². The molecule has 0 aliphatic heterocycles. The third-order valence-electron chi connectivity index (χ3n) is 4.77. The molecule has 11 heteroatoms. The van der Waals surface area contributed by atoms with Crippen LogP contribution in [0.5, 0.6) is 5.75 Å². The predicted octanol–water partition coefficient (Wildman–Crippen LogP) is 6.77. The highest BCUT2D eigenvalue weighted by Gasteiger charge is 2.20. The van der Waals surface area contributed by atoms with Gasteiger partial charge in [-0.2, -0.15) is 0 Å². The number of nitrogens with zero attached hydrogens (tertiary/aromatic N) is 4. The second-order valence-corrected chi connectivity index (χ2v) is 9.96. The number of halogens is 2. The maximum absolute atomic E-state index is 12.6. The molecule has 0 bridgehead atoms. The van der Waals surface area contributed by atoms with Gasteiger partial charge in [0.2, 0.25) is 5.91 Å². The number of hydrogen-bond donors (Lipinski definition) is 1. The van der Waals surface area contributed by atoms with Gasteiger partial charge in [0.05, 0.1) is 16.5 Å². The molecular formula is C24H21Cl2N5O2S2. The van der Waals surface area contributed by atoms with Crippen LogP contribution in [-0.4, -0.2) is 31.4 Å². The third-order valence-corrected chi connectivity index (χ3v) is 7.04. The molecule has 0 spiro atoms. The van der Waals surface area contributed by atoms with E-state index >= 15 is 0 Å². The number of hydrogen-bond acceptors (Lipinski definition) is 7. The minimum Gasteiger partial charge on any atom is -0.483 e. The van der Waals surface area contributed by atoms with E-state index < -0.39 is 0 Å². The molecule has 7 nitrogen and oxygen atoms in total. The lowest BCUT2D eigenvalue weighted by Gasteiger charge is -2.15. The molecule has 2 aromatic carbocycles. The van der Waals surface area contributed by atoms with Crippen LogP contribution in [0.25, 0.3) is 11.3 Å². The summed E-state index contributed by atoms with van der Waals surface area (Å²) in [6, 6.07) is 14.7. The molecule has 0 fully saturated rings. The Kier molecular flexibility index (Phi) is 8.46. The summed E-state index contributed by atoms with van der Waals surface area (Å²) in [6.07, 6.45) is 1.42. The van der Waals surface area contributed by atoms with Crippen LogP contribution in [0.1, 0.15) is 18.9 Å². The molecular weight excluding hydrogens is 525 g/mol. The largest absolute Gasteiger partial charge is 0.483 e. The topological polar surface area (TPSA) is 81.9 Å². The van der Waals surface area contributed by atoms with Crippen LogP contribution in [0, 0.1) is 0 Å². The van der Waals surface area contributed by atoms with Crippen molar-refractivity contribution in [3.63, 3.8) is 0 Å². The van der Waals surface area contributed by atoms with Crippen molar-refractivity contribution in [2.45, 2.75) is 24.7 Å². The lowest BCUT2D eigenvalue weighted by molar-refractivity contribution is -0.113. The lowest BCUT2D eigenvalue weighted by Crippen LogP contribution is -2.15. The molecule has 4 rings (SSSR count). The molecule has 2 heterocycles. The molecule has 1 N–H and O–H groups in total. The van der Waals surface area contributed by atoms with Gasteiger partial charge in [-0.25, -0.2) is 4.98 Å². The Morgan fingerprint density at radius 1 is 1.26 bits per heavy atom. The Bertz CT molecular complexity index is 1330. The van der Waals surface area contributed by atoms with E-state index in [0.29, 0.717) is 38.4 Å². The lowest BCUT2D eigenvalue weighted by atomic mass is 10.2. The summed E-state index contributed by atoms with van der Waals surface area (Å²) in [5.74, 6) is 1.33. The number of amides is 1. The number of para-hydroxylation sites is 1. The van der Waals surface area contributed by atoms with Crippen molar-refractivity contribution in [3.05, 3.63) is 82.4 Å². The molecule has 0 radical (unpaired) electrons. The summed E-state index contributed by atoms with van der Waals surface area (Å²) in [7, 11) is 0. The van der Waals surface area contributed by atoms with E-state index in [2.05, 4.69) is 27.1 Å². The number of allylic oxidation sites excluding steroid dienone is 1. The smallest absolute Gasteiger partial charge is 0.236 e. The van der Waals surface area contributed by atoms with E-state index in [1.54, 1.807) is 24.3 Å². The van der Waals surface area contributed by atoms with Gasteiger partial charge in [0.1, 0.15) is 5.75 Å². The quantitative estimate of drug-likeness (QED) is 0.175. The van der Waals surface area contributed by atoms with Crippen molar-refractivity contribution in [3.8, 4) is 17.0 Å². The average Bonchev–Trinajstić information content (AvgIpc) is 3.46. The maximum atomic E-state index is 12.6. The highest BCUT2D eigenvalue weighted by Crippen LogP contribution is 2.32. The molecule has 1 amide bonds. The van der Waals surface area contributed by atoms with E-state index in [1.807, 2.05) is 47.2 Å². The second kappa shape index (κ2) is 11.7. The number of benzene rings is 2. The molecule has 1 unspecified atom stereocenters. The fourth-order valence-electron chi connectivity index (χ4n) is 3.20. The predicted molar refractivity (Wildman–Crippen MR) is 143 cm³/mol. The number of thioether (sulfide) groups is 1. The van der Waals surface area contributed by atoms with Gasteiger partial charge in [-0.15, -0.1) is 28.1 Å². The van der Waals surface area contributed by atoms with Gasteiger partial charge in [-0.1, -0.05) is 59.2 Å². The minimum atomic E-state index is -0.332. The number of thiazole rings is 1. The van der Waals surface area contributed by atoms with Gasteiger partial charge in [0, 0.05) is 22.5 Å². The number of carbonyl (C=O) groups excluding carboxylic acids is 1. The van der Waals surface area contributed by atoms with E-state index in [0.717, 1.165) is 11.3 Å². The van der Waals surface area contributed by atoms with Gasteiger partial charge < -0.3 is 10.1 Å². The number of anilines is 1. The fraction of sp³-hybridized carbons (Fsp3) is 0.167. The third kappa shape index (κ3) is 6.43. The first kappa shape index (κ1) is 25.2. The summed E-state index contributed by atoms with van der Waals surface area (Å²) in [5.41, 5.74) is 1.42. The number of rotatable bonds is 10. The average molecular weight is 547 g/mol. The zero-order chi connectivity index (χ0) is 24.8. The number of ether oxygens (including phenoxy) is 1. The van der Waals surface area contributed by atoms with Crippen molar-refractivity contribution >= 4 is 57.3 Å². The molecule has 35 heavy (non-hydrogen) atoms. The SMILES string of the molecule is C=CCn1c(SCC(=O)Nc2nc(-c3ccc(Cl)cc3Cl)cs2)nnc1C(C)Oc1ccccc1. The standard InChI is InChI=1S/C24H21Cl2N5O2S2/c1-3-11-31-22(15(2)33-17-7-5-4-6-8-17)29-30-24(31)35-14-21(32)28-23-27-20(13-34-23)18-10-9-16(25)12-19(18)26/h3-10,12-13,15H,1,11,14H2,2H3,(H,27,28,32). The Hall–Kier alpha value is -2.85. The van der Waals surface area contributed by atoms with E-state index in [-0.39, 0.29) is 17.8 Å². The molecule has 1 atom stereocenters. The Morgan fingerprint density at radius 3 is 2.80 bits per heavy atom. The molecule has 0 saturated carbocycles. The first-order valence-corrected chi connectivity index (χ1v) is 13.2. The zero-order valence-corrected chi connectivity index (χ0v) is 21.8. The second-order valence-electron chi connectivity index (χ2n) is 7.31. The summed E-state index contributed by atoms with van der Waals surface area (Å²) in [5, 5.41) is 15.4. The Labute approximate surface area is 221 Å². The maximum Gasteiger partial charge on any atom is 0.236 e. The minimum absolute atomic E-state index is 0.139. The monoisotopic (exact) mass is 545 g/mol. The van der Waals surface area contributed by atoms with Crippen LogP contribution in [0.15, 0.2) is 71.7 Å². The van der Waals surface area contributed by atoms with Crippen LogP contribution in [0.3, 0.4) is 0 Å². The molecule has 0 saturated heterocycles. The summed E-state index contributed by atoms with van der Waals surface area (Å²) >= 11 is 14.8. The number of aromatic nitrogens is 4. The van der Waals surface area contributed by atoms with Gasteiger partial charge in [-0.3, -0.25) is 9.36 Å². The first-order chi connectivity index (χ1) is 16.9. The molecule has 0 aliphatic rings. The molecule has 0 aliphatic carbocycles. The Balaban J connectivity index is 1.39. The van der Waals surface area contributed by atoms with Crippen LogP contribution in [0.4, 0.5) is 5.13 Å². The summed E-state index contributed by atoms with van der Waals surface area (Å²) in [6.45, 7) is 6.22. The normalized spacial score (nSPS) is 11.7. The summed E-state index contributed by atoms with van der Waals surface area (Å²) < 4.78 is 7.88. The van der Waals surface area contributed by atoms with Crippen molar-refractivity contribution in [2.75, 3.05) is 11.1 Å². The summed E-state index contributed by atoms with van der Waals surface area (Å²) in [4.78, 5) is 17.1. The first-order valence-electron chi connectivity index (χ1n) is 10.5. The van der Waals surface area contributed by atoms with E-state index in [9.17, 15) is 4.79 Å². The van der Waals surface area contributed by atoms with E-state index in [4.69, 9.17) is 27.9 Å². The van der Waals surface area contributed by atoms with Crippen LogP contribution in [-0.2, 0) is 11.3 Å². The van der Waals surface area contributed by atoms with Crippen LogP contribution in [0.2, 0.25) is 10.0 Å². The number of carbonyl (C=O) groups is 1. The van der Waals surface area contributed by atoms with Crippen molar-refractivity contribution in [1.82, 2.24) is 19.7 Å². The van der Waals surface area contributed by atoms with Crippen LogP contribution < -0.4 is 10.1 Å². The van der Waals surface area contributed by atoms with Gasteiger partial charge in [0.25, 0.3) is 0 Å². The van der Waals surface area contributed by atoms with Gasteiger partial charge in [0.15, 0.2) is 22.2 Å².